The molecule has 0 bridgehead atoms. The van der Waals surface area contributed by atoms with Crippen LogP contribution in [0.2, 0.25) is 0 Å². The van der Waals surface area contributed by atoms with Crippen LogP contribution in [0.5, 0.6) is 11.5 Å². The second-order valence-electron chi connectivity index (χ2n) is 6.06. The quantitative estimate of drug-likeness (QED) is 0.721. The van der Waals surface area contributed by atoms with Gasteiger partial charge in [0.1, 0.15) is 0 Å². The third kappa shape index (κ3) is 2.12. The van der Waals surface area contributed by atoms with Crippen molar-refractivity contribution in [2.24, 2.45) is 0 Å². The number of phenolic OH excluding ortho intramolecular Hbond substituents is 2. The molecule has 2 aliphatic rings. The number of benzene rings is 1. The zero-order valence-electron chi connectivity index (χ0n) is 13.4. The van der Waals surface area contributed by atoms with Crippen molar-refractivity contribution < 1.29 is 10.2 Å². The minimum absolute atomic E-state index is 0.0605. The molecule has 0 fully saturated rings. The average molecular weight is 292 g/mol. The first-order valence-corrected chi connectivity index (χ1v) is 7.42. The average Bonchev–Trinajstić information content (AvgIpc) is 2.66. The molecule has 2 N–H and O–H groups in total. The van der Waals surface area contributed by atoms with Crippen molar-refractivity contribution in [2.45, 2.75) is 27.7 Å². The Bertz CT molecular complexity index is 919. The number of allylic oxidation sites excluding steroid dienone is 8. The van der Waals surface area contributed by atoms with Gasteiger partial charge in [0.15, 0.2) is 11.5 Å². The van der Waals surface area contributed by atoms with Gasteiger partial charge in [0.05, 0.1) is 0 Å². The summed E-state index contributed by atoms with van der Waals surface area (Å²) in [5.41, 5.74) is 7.06. The molecule has 2 aliphatic carbocycles. The molecule has 1 aromatic carbocycles. The molecule has 0 saturated heterocycles. The standard InChI is InChI=1S/C20H20O2/c1-11-9-13(3)18-12(2)5-6-16-15(19(18)14(4)10-11)7-8-17(21)20(16)22/h5-10,21-22H,1-4H3. The molecule has 112 valence electrons. The summed E-state index contributed by atoms with van der Waals surface area (Å²) in [4.78, 5) is 0. The van der Waals surface area contributed by atoms with E-state index in [2.05, 4.69) is 39.8 Å². The number of phenols is 2. The molecule has 2 heteroatoms. The van der Waals surface area contributed by atoms with Gasteiger partial charge in [-0.1, -0.05) is 29.9 Å². The molecule has 0 heterocycles. The Balaban J connectivity index is 2.60. The summed E-state index contributed by atoms with van der Waals surface area (Å²) in [5, 5.41) is 21.7. The van der Waals surface area contributed by atoms with Gasteiger partial charge in [-0.15, -0.1) is 0 Å². The highest BCUT2D eigenvalue weighted by molar-refractivity contribution is 5.87. The SMILES string of the molecule is CC1=CC(C)=C2C(C)=CC=c3c(O)c(O)ccc3=C2C(C)=C1. The van der Waals surface area contributed by atoms with Gasteiger partial charge in [0.25, 0.3) is 0 Å². The van der Waals surface area contributed by atoms with Gasteiger partial charge in [0.2, 0.25) is 0 Å². The normalized spacial score (nSPS) is 17.5. The minimum atomic E-state index is -0.0876. The second-order valence-corrected chi connectivity index (χ2v) is 6.06. The topological polar surface area (TPSA) is 40.5 Å². The van der Waals surface area contributed by atoms with Gasteiger partial charge in [-0.3, -0.25) is 0 Å². The summed E-state index contributed by atoms with van der Waals surface area (Å²) in [6, 6.07) is 3.44. The highest BCUT2D eigenvalue weighted by Gasteiger charge is 2.18. The summed E-state index contributed by atoms with van der Waals surface area (Å²) in [7, 11) is 0. The van der Waals surface area contributed by atoms with Gasteiger partial charge < -0.3 is 10.2 Å². The van der Waals surface area contributed by atoms with E-state index < -0.39 is 0 Å². The van der Waals surface area contributed by atoms with Gasteiger partial charge in [-0.25, -0.2) is 0 Å². The smallest absolute Gasteiger partial charge is 0.165 e. The molecule has 0 atom stereocenters. The molecule has 0 saturated carbocycles. The summed E-state index contributed by atoms with van der Waals surface area (Å²) >= 11 is 0. The van der Waals surface area contributed by atoms with E-state index in [-0.39, 0.29) is 11.5 Å². The van der Waals surface area contributed by atoms with E-state index in [4.69, 9.17) is 0 Å². The maximum absolute atomic E-state index is 10.2. The van der Waals surface area contributed by atoms with Crippen LogP contribution >= 0.6 is 0 Å². The maximum Gasteiger partial charge on any atom is 0.165 e. The Kier molecular flexibility index (Phi) is 3.32. The Morgan fingerprint density at radius 1 is 0.773 bits per heavy atom. The lowest BCUT2D eigenvalue weighted by Crippen LogP contribution is -2.27. The van der Waals surface area contributed by atoms with Crippen LogP contribution in [0, 0.1) is 0 Å². The van der Waals surface area contributed by atoms with Crippen LogP contribution in [0.1, 0.15) is 27.7 Å². The first-order chi connectivity index (χ1) is 10.4. The Hall–Kier alpha value is -2.48. The maximum atomic E-state index is 10.2. The number of hydrogen-bond acceptors (Lipinski definition) is 2. The Morgan fingerprint density at radius 3 is 2.23 bits per heavy atom. The van der Waals surface area contributed by atoms with Gasteiger partial charge >= 0.3 is 0 Å². The van der Waals surface area contributed by atoms with Crippen LogP contribution in [0.15, 0.2) is 58.2 Å². The molecule has 3 rings (SSSR count). The third-order valence-electron chi connectivity index (χ3n) is 4.29. The summed E-state index contributed by atoms with van der Waals surface area (Å²) in [6.45, 7) is 8.39. The van der Waals surface area contributed by atoms with Crippen LogP contribution in [-0.4, -0.2) is 10.2 Å². The lowest BCUT2D eigenvalue weighted by molar-refractivity contribution is 0.400. The van der Waals surface area contributed by atoms with Crippen molar-refractivity contribution >= 4 is 11.6 Å². The van der Waals surface area contributed by atoms with E-state index >= 15 is 0 Å². The van der Waals surface area contributed by atoms with Crippen molar-refractivity contribution in [3.05, 3.63) is 68.7 Å². The van der Waals surface area contributed by atoms with E-state index in [0.717, 1.165) is 21.9 Å². The number of fused-ring (bicyclic) bond motifs is 2. The van der Waals surface area contributed by atoms with E-state index in [1.165, 1.54) is 16.7 Å². The number of hydrogen-bond donors (Lipinski definition) is 2. The van der Waals surface area contributed by atoms with E-state index in [9.17, 15) is 10.2 Å². The van der Waals surface area contributed by atoms with Gasteiger partial charge in [-0.05, 0) is 72.9 Å². The predicted octanol–water partition coefficient (Wildman–Crippen LogP) is 3.21. The van der Waals surface area contributed by atoms with Crippen LogP contribution in [-0.2, 0) is 0 Å². The van der Waals surface area contributed by atoms with E-state index in [1.807, 2.05) is 18.2 Å². The first kappa shape index (κ1) is 14.5. The fraction of sp³-hybridized carbons (Fsp3) is 0.200. The summed E-state index contributed by atoms with van der Waals surface area (Å²) in [5.74, 6) is -0.148. The first-order valence-electron chi connectivity index (χ1n) is 7.42. The Labute approximate surface area is 130 Å². The highest BCUT2D eigenvalue weighted by Crippen LogP contribution is 2.34. The molecule has 0 radical (unpaired) electrons. The largest absolute Gasteiger partial charge is 0.504 e. The lowest BCUT2D eigenvalue weighted by Gasteiger charge is -2.14. The Morgan fingerprint density at radius 2 is 1.50 bits per heavy atom. The predicted molar refractivity (Wildman–Crippen MR) is 90.9 cm³/mol. The van der Waals surface area contributed by atoms with Crippen LogP contribution in [0.25, 0.3) is 11.6 Å². The zero-order valence-corrected chi connectivity index (χ0v) is 13.4. The molecule has 1 aromatic rings. The van der Waals surface area contributed by atoms with Crippen molar-refractivity contribution in [3.8, 4) is 11.5 Å². The second kappa shape index (κ2) is 5.06. The monoisotopic (exact) mass is 292 g/mol. The van der Waals surface area contributed by atoms with Crippen molar-refractivity contribution in [1.82, 2.24) is 0 Å². The third-order valence-corrected chi connectivity index (χ3v) is 4.29. The molecule has 0 amide bonds. The highest BCUT2D eigenvalue weighted by atomic mass is 16.3. The fourth-order valence-corrected chi connectivity index (χ4v) is 3.39. The number of aromatic hydroxyl groups is 2. The van der Waals surface area contributed by atoms with Crippen LogP contribution < -0.4 is 10.4 Å². The molecule has 0 spiro atoms. The summed E-state index contributed by atoms with van der Waals surface area (Å²) in [6.07, 6.45) is 8.24. The summed E-state index contributed by atoms with van der Waals surface area (Å²) < 4.78 is 0. The van der Waals surface area contributed by atoms with Crippen molar-refractivity contribution in [3.63, 3.8) is 0 Å². The van der Waals surface area contributed by atoms with Gasteiger partial charge in [0, 0.05) is 5.22 Å². The van der Waals surface area contributed by atoms with Crippen molar-refractivity contribution in [2.75, 3.05) is 0 Å². The molecule has 22 heavy (non-hydrogen) atoms. The molecule has 0 unspecified atom stereocenters. The van der Waals surface area contributed by atoms with Crippen molar-refractivity contribution in [1.29, 1.82) is 0 Å². The van der Waals surface area contributed by atoms with E-state index in [0.29, 0.717) is 5.22 Å². The lowest BCUT2D eigenvalue weighted by atomic mass is 9.89. The number of rotatable bonds is 0. The van der Waals surface area contributed by atoms with E-state index in [1.54, 1.807) is 6.07 Å². The minimum Gasteiger partial charge on any atom is -0.504 e. The molecular formula is C20H20O2. The molecular weight excluding hydrogens is 272 g/mol. The van der Waals surface area contributed by atoms with Gasteiger partial charge in [-0.2, -0.15) is 0 Å². The van der Waals surface area contributed by atoms with Crippen LogP contribution in [0.4, 0.5) is 0 Å². The van der Waals surface area contributed by atoms with Crippen LogP contribution in [0.3, 0.4) is 0 Å². The molecule has 0 aliphatic heterocycles. The zero-order chi connectivity index (χ0) is 16.0. The molecule has 0 aromatic heterocycles. The molecule has 2 nitrogen and oxygen atoms in total. The fourth-order valence-electron chi connectivity index (χ4n) is 3.39.